The van der Waals surface area contributed by atoms with Crippen molar-refractivity contribution in [2.75, 3.05) is 5.32 Å². The number of halogens is 2. The average Bonchev–Trinajstić information content (AvgIpc) is 2.34. The van der Waals surface area contributed by atoms with Gasteiger partial charge in [0, 0.05) is 11.4 Å². The SMILES string of the molecule is Cc1ccc(C#N)c(Nc2ccc(Cl)c(Cl)c2)n1. The highest BCUT2D eigenvalue weighted by atomic mass is 35.5. The highest BCUT2D eigenvalue weighted by molar-refractivity contribution is 6.42. The van der Waals surface area contributed by atoms with E-state index in [0.29, 0.717) is 21.4 Å². The number of aromatic nitrogens is 1. The zero-order valence-electron chi connectivity index (χ0n) is 9.54. The fraction of sp³-hybridized carbons (Fsp3) is 0.0769. The molecule has 1 N–H and O–H groups in total. The lowest BCUT2D eigenvalue weighted by atomic mass is 10.2. The van der Waals surface area contributed by atoms with Gasteiger partial charge in [-0.1, -0.05) is 23.2 Å². The van der Waals surface area contributed by atoms with Crippen LogP contribution >= 0.6 is 23.2 Å². The van der Waals surface area contributed by atoms with Crippen LogP contribution in [-0.4, -0.2) is 4.98 Å². The first-order chi connectivity index (χ1) is 8.60. The Hall–Kier alpha value is -1.76. The fourth-order valence-corrected chi connectivity index (χ4v) is 1.75. The van der Waals surface area contributed by atoms with Gasteiger partial charge in [0.15, 0.2) is 0 Å². The van der Waals surface area contributed by atoms with E-state index in [4.69, 9.17) is 28.5 Å². The van der Waals surface area contributed by atoms with Crippen LogP contribution in [0.1, 0.15) is 11.3 Å². The summed E-state index contributed by atoms with van der Waals surface area (Å²) in [5.41, 5.74) is 2.04. The predicted molar refractivity (Wildman–Crippen MR) is 73.4 cm³/mol. The first-order valence-corrected chi connectivity index (χ1v) is 5.95. The summed E-state index contributed by atoms with van der Waals surface area (Å²) in [7, 11) is 0. The zero-order chi connectivity index (χ0) is 13.1. The van der Waals surface area contributed by atoms with Crippen molar-refractivity contribution in [3.8, 4) is 6.07 Å². The van der Waals surface area contributed by atoms with Gasteiger partial charge in [-0.2, -0.15) is 5.26 Å². The van der Waals surface area contributed by atoms with Gasteiger partial charge in [0.25, 0.3) is 0 Å². The molecule has 5 heteroatoms. The van der Waals surface area contributed by atoms with Crippen LogP contribution in [0.5, 0.6) is 0 Å². The second-order valence-electron chi connectivity index (χ2n) is 3.71. The molecule has 0 aliphatic rings. The Bertz CT molecular complexity index is 633. The Morgan fingerprint density at radius 3 is 2.61 bits per heavy atom. The summed E-state index contributed by atoms with van der Waals surface area (Å²) in [6.45, 7) is 1.86. The van der Waals surface area contributed by atoms with Crippen LogP contribution in [0.2, 0.25) is 10.0 Å². The van der Waals surface area contributed by atoms with Gasteiger partial charge in [0.05, 0.1) is 15.6 Å². The quantitative estimate of drug-likeness (QED) is 0.890. The van der Waals surface area contributed by atoms with E-state index in [1.165, 1.54) is 0 Å². The maximum absolute atomic E-state index is 9.01. The molecule has 2 rings (SSSR count). The van der Waals surface area contributed by atoms with E-state index >= 15 is 0 Å². The van der Waals surface area contributed by atoms with Gasteiger partial charge in [-0.25, -0.2) is 4.98 Å². The van der Waals surface area contributed by atoms with E-state index in [-0.39, 0.29) is 0 Å². The minimum absolute atomic E-state index is 0.452. The van der Waals surface area contributed by atoms with Crippen LogP contribution in [0.25, 0.3) is 0 Å². The number of nitriles is 1. The van der Waals surface area contributed by atoms with Crippen molar-refractivity contribution >= 4 is 34.7 Å². The number of benzene rings is 1. The first kappa shape index (κ1) is 12.7. The molecule has 1 aromatic heterocycles. The van der Waals surface area contributed by atoms with Gasteiger partial charge in [-0.3, -0.25) is 0 Å². The Labute approximate surface area is 115 Å². The van der Waals surface area contributed by atoms with Crippen molar-refractivity contribution in [1.29, 1.82) is 5.26 Å². The molecule has 0 spiro atoms. The zero-order valence-corrected chi connectivity index (χ0v) is 11.0. The van der Waals surface area contributed by atoms with Crippen molar-refractivity contribution in [2.45, 2.75) is 6.92 Å². The van der Waals surface area contributed by atoms with E-state index in [2.05, 4.69) is 16.4 Å². The van der Waals surface area contributed by atoms with Gasteiger partial charge in [0.1, 0.15) is 11.9 Å². The highest BCUT2D eigenvalue weighted by Crippen LogP contribution is 2.27. The lowest BCUT2D eigenvalue weighted by Gasteiger charge is -2.08. The largest absolute Gasteiger partial charge is 0.339 e. The molecule has 1 aromatic carbocycles. The summed E-state index contributed by atoms with van der Waals surface area (Å²) in [6, 6.07) is 10.8. The molecule has 0 amide bonds. The van der Waals surface area contributed by atoms with Crippen LogP contribution in [-0.2, 0) is 0 Å². The third-order valence-corrected chi connectivity index (χ3v) is 3.08. The molecule has 0 aliphatic carbocycles. The first-order valence-electron chi connectivity index (χ1n) is 5.20. The summed E-state index contributed by atoms with van der Waals surface area (Å²) < 4.78 is 0. The van der Waals surface area contributed by atoms with Gasteiger partial charge < -0.3 is 5.32 Å². The van der Waals surface area contributed by atoms with Gasteiger partial charge in [-0.05, 0) is 37.3 Å². The Morgan fingerprint density at radius 2 is 1.94 bits per heavy atom. The molecule has 18 heavy (non-hydrogen) atoms. The van der Waals surface area contributed by atoms with E-state index in [1.54, 1.807) is 30.3 Å². The summed E-state index contributed by atoms with van der Waals surface area (Å²) in [4.78, 5) is 4.28. The van der Waals surface area contributed by atoms with E-state index in [9.17, 15) is 0 Å². The molecular weight excluding hydrogens is 269 g/mol. The van der Waals surface area contributed by atoms with Crippen molar-refractivity contribution < 1.29 is 0 Å². The molecule has 0 saturated heterocycles. The van der Waals surface area contributed by atoms with Crippen LogP contribution in [0, 0.1) is 18.3 Å². The number of hydrogen-bond donors (Lipinski definition) is 1. The number of anilines is 2. The summed E-state index contributed by atoms with van der Waals surface area (Å²) in [5, 5.41) is 13.0. The smallest absolute Gasteiger partial charge is 0.148 e. The molecule has 0 radical (unpaired) electrons. The van der Waals surface area contributed by atoms with Gasteiger partial charge in [0.2, 0.25) is 0 Å². The molecular formula is C13H9Cl2N3. The van der Waals surface area contributed by atoms with E-state index in [1.807, 2.05) is 6.92 Å². The highest BCUT2D eigenvalue weighted by Gasteiger charge is 2.06. The summed E-state index contributed by atoms with van der Waals surface area (Å²) >= 11 is 11.8. The van der Waals surface area contributed by atoms with Gasteiger partial charge >= 0.3 is 0 Å². The maximum Gasteiger partial charge on any atom is 0.148 e. The molecule has 2 aromatic rings. The molecule has 1 heterocycles. The molecule has 0 atom stereocenters. The number of pyridine rings is 1. The van der Waals surface area contributed by atoms with Gasteiger partial charge in [-0.15, -0.1) is 0 Å². The van der Waals surface area contributed by atoms with E-state index in [0.717, 1.165) is 11.4 Å². The van der Waals surface area contributed by atoms with Crippen LogP contribution < -0.4 is 5.32 Å². The Balaban J connectivity index is 2.36. The number of aryl methyl sites for hydroxylation is 1. The molecule has 3 nitrogen and oxygen atoms in total. The number of hydrogen-bond acceptors (Lipinski definition) is 3. The van der Waals surface area contributed by atoms with E-state index < -0.39 is 0 Å². The van der Waals surface area contributed by atoms with Crippen LogP contribution in [0.15, 0.2) is 30.3 Å². The number of nitrogens with zero attached hydrogens (tertiary/aromatic N) is 2. The number of rotatable bonds is 2. The molecule has 90 valence electrons. The Kier molecular flexibility index (Phi) is 3.71. The molecule has 0 aliphatic heterocycles. The minimum atomic E-state index is 0.452. The van der Waals surface area contributed by atoms with Crippen molar-refractivity contribution in [3.05, 3.63) is 51.6 Å². The summed E-state index contributed by atoms with van der Waals surface area (Å²) in [6.07, 6.45) is 0. The van der Waals surface area contributed by atoms with Crippen LogP contribution in [0.3, 0.4) is 0 Å². The number of nitrogens with one attached hydrogen (secondary N) is 1. The van der Waals surface area contributed by atoms with Crippen LogP contribution in [0.4, 0.5) is 11.5 Å². The topological polar surface area (TPSA) is 48.7 Å². The second-order valence-corrected chi connectivity index (χ2v) is 4.53. The fourth-order valence-electron chi connectivity index (χ4n) is 1.45. The van der Waals surface area contributed by atoms with Crippen molar-refractivity contribution in [2.24, 2.45) is 0 Å². The van der Waals surface area contributed by atoms with Crippen molar-refractivity contribution in [1.82, 2.24) is 4.98 Å². The lowest BCUT2D eigenvalue weighted by Crippen LogP contribution is -1.98. The monoisotopic (exact) mass is 277 g/mol. The third-order valence-electron chi connectivity index (χ3n) is 2.34. The normalized spacial score (nSPS) is 9.89. The Morgan fingerprint density at radius 1 is 1.17 bits per heavy atom. The molecule has 0 unspecified atom stereocenters. The third kappa shape index (κ3) is 2.73. The summed E-state index contributed by atoms with van der Waals surface area (Å²) in [5.74, 6) is 0.510. The predicted octanol–water partition coefficient (Wildman–Crippen LogP) is 4.31. The van der Waals surface area contributed by atoms with Crippen molar-refractivity contribution in [3.63, 3.8) is 0 Å². The minimum Gasteiger partial charge on any atom is -0.339 e. The maximum atomic E-state index is 9.01. The second kappa shape index (κ2) is 5.26. The lowest BCUT2D eigenvalue weighted by molar-refractivity contribution is 1.19. The molecule has 0 bridgehead atoms. The molecule has 0 saturated carbocycles. The molecule has 0 fully saturated rings. The standard InChI is InChI=1S/C13H9Cl2N3/c1-8-2-3-9(7-16)13(17-8)18-10-4-5-11(14)12(15)6-10/h2-6H,1H3,(H,17,18). The average molecular weight is 278 g/mol.